The van der Waals surface area contributed by atoms with Crippen LogP contribution >= 0.6 is 0 Å². The Morgan fingerprint density at radius 1 is 1.02 bits per heavy atom. The minimum absolute atomic E-state index is 0.0825. The molecule has 3 aliphatic heterocycles. The Hall–Kier alpha value is -5.22. The van der Waals surface area contributed by atoms with E-state index in [9.17, 15) is 14.9 Å². The molecule has 2 saturated heterocycles. The maximum absolute atomic E-state index is 14.5. The van der Waals surface area contributed by atoms with Crippen molar-refractivity contribution in [3.8, 4) is 28.5 Å². The maximum atomic E-state index is 14.5. The SMILES string of the molecule is COC(=O)N1CCC(CC#N)(N2CCC3(CC2)C(=O)N(C)c2cnc4[nH]c(-c5cnn(C)c5)c(-c5ccc6c(cnn6C)c5)c4c23)CC1. The van der Waals surface area contributed by atoms with Crippen molar-refractivity contribution in [3.63, 3.8) is 0 Å². The van der Waals surface area contributed by atoms with Crippen LogP contribution in [0.2, 0.25) is 0 Å². The molecule has 1 spiro atoms. The van der Waals surface area contributed by atoms with Crippen LogP contribution in [-0.4, -0.2) is 97.2 Å². The van der Waals surface area contributed by atoms with Gasteiger partial charge in [-0.3, -0.25) is 19.1 Å². The van der Waals surface area contributed by atoms with E-state index in [1.54, 1.807) is 14.5 Å². The monoisotopic (exact) mass is 646 g/mol. The molecule has 8 rings (SSSR count). The van der Waals surface area contributed by atoms with Crippen molar-refractivity contribution in [1.82, 2.24) is 39.3 Å². The lowest BCUT2D eigenvalue weighted by molar-refractivity contribution is -0.125. The van der Waals surface area contributed by atoms with Gasteiger partial charge in [-0.2, -0.15) is 15.5 Å². The highest BCUT2D eigenvalue weighted by Gasteiger charge is 2.55. The number of aromatic amines is 1. The number of piperidine rings is 2. The molecule has 0 aliphatic carbocycles. The van der Waals surface area contributed by atoms with Gasteiger partial charge in [-0.05, 0) is 43.4 Å². The second kappa shape index (κ2) is 10.9. The zero-order valence-electron chi connectivity index (χ0n) is 27.7. The van der Waals surface area contributed by atoms with Gasteiger partial charge < -0.3 is 19.5 Å². The van der Waals surface area contributed by atoms with Gasteiger partial charge in [0.05, 0.1) is 60.5 Å². The first kappa shape index (κ1) is 30.1. The van der Waals surface area contributed by atoms with Crippen LogP contribution in [0, 0.1) is 11.3 Å². The molecule has 0 unspecified atom stereocenters. The Labute approximate surface area is 277 Å². The number of hydrogen-bond acceptors (Lipinski definition) is 8. The van der Waals surface area contributed by atoms with Crippen LogP contribution in [0.3, 0.4) is 0 Å². The molecule has 48 heavy (non-hydrogen) atoms. The third-order valence-electron chi connectivity index (χ3n) is 11.2. The van der Waals surface area contributed by atoms with E-state index in [0.29, 0.717) is 58.3 Å². The molecule has 5 aromatic rings. The van der Waals surface area contributed by atoms with E-state index < -0.39 is 5.41 Å². The molecule has 2 amide bonds. The fourth-order valence-corrected chi connectivity index (χ4v) is 8.61. The lowest BCUT2D eigenvalue weighted by Crippen LogP contribution is -2.60. The summed E-state index contributed by atoms with van der Waals surface area (Å²) in [6.07, 6.45) is 10.2. The number of nitriles is 1. The summed E-state index contributed by atoms with van der Waals surface area (Å²) in [6.45, 7) is 2.41. The molecule has 0 saturated carbocycles. The van der Waals surface area contributed by atoms with Gasteiger partial charge >= 0.3 is 6.09 Å². The molecule has 13 nitrogen and oxygen atoms in total. The maximum Gasteiger partial charge on any atom is 0.409 e. The van der Waals surface area contributed by atoms with Crippen LogP contribution < -0.4 is 4.90 Å². The van der Waals surface area contributed by atoms with Crippen molar-refractivity contribution in [2.24, 2.45) is 14.1 Å². The van der Waals surface area contributed by atoms with Gasteiger partial charge in [0.25, 0.3) is 0 Å². The number of H-pyrrole nitrogens is 1. The summed E-state index contributed by atoms with van der Waals surface area (Å²) < 4.78 is 8.61. The van der Waals surface area contributed by atoms with Crippen LogP contribution in [0.4, 0.5) is 10.5 Å². The van der Waals surface area contributed by atoms with E-state index in [1.165, 1.54) is 7.11 Å². The van der Waals surface area contributed by atoms with Crippen LogP contribution in [0.5, 0.6) is 0 Å². The van der Waals surface area contributed by atoms with Gasteiger partial charge in [-0.25, -0.2) is 9.78 Å². The summed E-state index contributed by atoms with van der Waals surface area (Å²) in [5.41, 5.74) is 6.36. The number of aromatic nitrogens is 6. The number of likely N-dealkylation sites (N-methyl/N-ethyl adjacent to an activating group) is 1. The smallest absolute Gasteiger partial charge is 0.409 e. The fraction of sp³-hybridized carbons (Fsp3) is 0.429. The number of aryl methyl sites for hydroxylation is 2. The number of ether oxygens (including phenoxy) is 1. The average molecular weight is 647 g/mol. The van der Waals surface area contributed by atoms with Crippen molar-refractivity contribution in [2.45, 2.75) is 43.1 Å². The molecule has 246 valence electrons. The van der Waals surface area contributed by atoms with E-state index >= 15 is 0 Å². The number of fused-ring (bicyclic) bond motifs is 5. The Balaban J connectivity index is 1.25. The Morgan fingerprint density at radius 2 is 1.79 bits per heavy atom. The van der Waals surface area contributed by atoms with E-state index in [4.69, 9.17) is 9.72 Å². The lowest BCUT2D eigenvalue weighted by Gasteiger charge is -2.51. The first-order chi connectivity index (χ1) is 23.2. The molecule has 1 aromatic carbocycles. The molecule has 13 heteroatoms. The van der Waals surface area contributed by atoms with Gasteiger partial charge in [0.2, 0.25) is 5.91 Å². The van der Waals surface area contributed by atoms with Gasteiger partial charge in [0.15, 0.2) is 0 Å². The number of carbonyl (C=O) groups is 2. The summed E-state index contributed by atoms with van der Waals surface area (Å²) in [6, 6.07) is 8.80. The molecule has 2 fully saturated rings. The number of nitrogens with one attached hydrogen (secondary N) is 1. The standard InChI is InChI=1S/C35H38N10O3/c1-41-21-24(19-38-41)30-27(22-5-6-25-23(17-22)18-39-43(25)3)28-29-26(20-37-31(28)40-30)42(2)32(46)35(29)10-15-45(16-11-35)34(7-12-36)8-13-44(14-9-34)33(47)48-4/h5-6,17-21H,7-11,13-16H2,1-4H3,(H,37,40). The molecule has 0 bridgehead atoms. The molecule has 3 aliphatic rings. The van der Waals surface area contributed by atoms with Crippen LogP contribution in [0.15, 0.2) is 43.0 Å². The number of nitrogens with zero attached hydrogens (tertiary/aromatic N) is 9. The zero-order valence-corrected chi connectivity index (χ0v) is 27.7. The summed E-state index contributed by atoms with van der Waals surface area (Å²) in [4.78, 5) is 41.1. The van der Waals surface area contributed by atoms with Crippen molar-refractivity contribution < 1.29 is 14.3 Å². The first-order valence-corrected chi connectivity index (χ1v) is 16.4. The summed E-state index contributed by atoms with van der Waals surface area (Å²) in [5.74, 6) is 0.0825. The summed E-state index contributed by atoms with van der Waals surface area (Å²) in [7, 11) is 7.09. The molecule has 0 radical (unpaired) electrons. The minimum Gasteiger partial charge on any atom is -0.453 e. The van der Waals surface area contributed by atoms with Crippen molar-refractivity contribution in [2.75, 3.05) is 45.2 Å². The Bertz CT molecular complexity index is 2140. The van der Waals surface area contributed by atoms with E-state index in [1.807, 2.05) is 50.6 Å². The summed E-state index contributed by atoms with van der Waals surface area (Å²) in [5, 5.41) is 20.8. The van der Waals surface area contributed by atoms with Gasteiger partial charge in [0.1, 0.15) is 5.65 Å². The highest BCUT2D eigenvalue weighted by atomic mass is 16.5. The van der Waals surface area contributed by atoms with Crippen molar-refractivity contribution in [1.29, 1.82) is 5.26 Å². The van der Waals surface area contributed by atoms with Crippen LogP contribution in [0.25, 0.3) is 44.3 Å². The number of pyridine rings is 1. The lowest BCUT2D eigenvalue weighted by atomic mass is 9.70. The average Bonchev–Trinajstić information content (AvgIpc) is 3.86. The quantitative estimate of drug-likeness (QED) is 0.304. The number of hydrogen-bond donors (Lipinski definition) is 1. The highest BCUT2D eigenvalue weighted by molar-refractivity contribution is 6.16. The highest BCUT2D eigenvalue weighted by Crippen LogP contribution is 2.54. The predicted molar refractivity (Wildman–Crippen MR) is 180 cm³/mol. The number of methoxy groups -OCH3 is 1. The molecule has 7 heterocycles. The first-order valence-electron chi connectivity index (χ1n) is 16.4. The topological polar surface area (TPSA) is 141 Å². The van der Waals surface area contributed by atoms with Crippen LogP contribution in [0.1, 0.15) is 37.7 Å². The largest absolute Gasteiger partial charge is 0.453 e. The molecule has 0 atom stereocenters. The number of carbonyl (C=O) groups excluding carboxylic acids is 2. The molecular formula is C35H38N10O3. The van der Waals surface area contributed by atoms with Crippen molar-refractivity contribution in [3.05, 3.63) is 48.5 Å². The van der Waals surface area contributed by atoms with Gasteiger partial charge in [-0.15, -0.1) is 0 Å². The van der Waals surface area contributed by atoms with E-state index in [0.717, 1.165) is 55.6 Å². The Morgan fingerprint density at radius 3 is 2.48 bits per heavy atom. The van der Waals surface area contributed by atoms with Crippen molar-refractivity contribution >= 4 is 39.6 Å². The molecule has 1 N–H and O–H groups in total. The third kappa shape index (κ3) is 4.28. The fourth-order valence-electron chi connectivity index (χ4n) is 8.61. The second-order valence-electron chi connectivity index (χ2n) is 13.5. The minimum atomic E-state index is -0.746. The van der Waals surface area contributed by atoms with Gasteiger partial charge in [-0.1, -0.05) is 6.07 Å². The normalized spacial score (nSPS) is 18.9. The number of rotatable bonds is 4. The summed E-state index contributed by atoms with van der Waals surface area (Å²) >= 11 is 0. The Kier molecular flexibility index (Phi) is 6.85. The predicted octanol–water partition coefficient (Wildman–Crippen LogP) is 4.34. The van der Waals surface area contributed by atoms with Gasteiger partial charge in [0, 0.05) is 86.5 Å². The molecule has 4 aromatic heterocycles. The number of anilines is 1. The number of likely N-dealkylation sites (tertiary alicyclic amines) is 2. The third-order valence-corrected chi connectivity index (χ3v) is 11.2. The molecular weight excluding hydrogens is 608 g/mol. The second-order valence-corrected chi connectivity index (χ2v) is 13.5. The van der Waals surface area contributed by atoms with E-state index in [2.05, 4.69) is 44.3 Å². The number of benzene rings is 1. The van der Waals surface area contributed by atoms with E-state index in [-0.39, 0.29) is 17.5 Å². The van der Waals surface area contributed by atoms with Crippen LogP contribution in [-0.2, 0) is 29.0 Å². The zero-order chi connectivity index (χ0) is 33.4. The number of amides is 2.